The Bertz CT molecular complexity index is 364. The van der Waals surface area contributed by atoms with Gasteiger partial charge in [0.05, 0.1) is 13.7 Å². The predicted octanol–water partition coefficient (Wildman–Crippen LogP) is 1.87. The average molecular weight is 253 g/mol. The van der Waals surface area contributed by atoms with Crippen LogP contribution in [0.25, 0.3) is 0 Å². The van der Waals surface area contributed by atoms with Crippen LogP contribution in [0, 0.1) is 0 Å². The van der Waals surface area contributed by atoms with Crippen LogP contribution in [0.1, 0.15) is 13.3 Å². The van der Waals surface area contributed by atoms with E-state index in [1.165, 1.54) is 14.2 Å². The molecule has 0 aromatic heterocycles. The maximum absolute atomic E-state index is 11.4. The van der Waals surface area contributed by atoms with Crippen molar-refractivity contribution in [3.05, 3.63) is 24.3 Å². The second kappa shape index (κ2) is 7.55. The normalized spacial score (nSPS) is 9.94. The summed E-state index contributed by atoms with van der Waals surface area (Å²) >= 11 is 0. The smallest absolute Gasteiger partial charge is 0.283 e. The summed E-state index contributed by atoms with van der Waals surface area (Å²) in [5.41, 5.74) is 0. The molecule has 0 bridgehead atoms. The predicted molar refractivity (Wildman–Crippen MR) is 67.5 cm³/mol. The van der Waals surface area contributed by atoms with Crippen molar-refractivity contribution >= 4 is 5.91 Å². The van der Waals surface area contributed by atoms with Gasteiger partial charge in [0.1, 0.15) is 11.5 Å². The number of hydrogen-bond acceptors (Lipinski definition) is 4. The van der Waals surface area contributed by atoms with Crippen molar-refractivity contribution in [2.45, 2.75) is 13.3 Å². The topological polar surface area (TPSA) is 48.0 Å². The Hall–Kier alpha value is -1.75. The zero-order valence-corrected chi connectivity index (χ0v) is 11.0. The highest BCUT2D eigenvalue weighted by molar-refractivity contribution is 5.76. The van der Waals surface area contributed by atoms with Crippen molar-refractivity contribution < 1.29 is 19.1 Å². The Morgan fingerprint density at radius 1 is 1.17 bits per heavy atom. The Kier molecular flexibility index (Phi) is 6.00. The van der Waals surface area contributed by atoms with Gasteiger partial charge < -0.3 is 9.47 Å². The number of hydrogen-bond donors (Lipinski definition) is 0. The molecule has 5 heteroatoms. The van der Waals surface area contributed by atoms with Crippen LogP contribution in [-0.2, 0) is 9.63 Å². The summed E-state index contributed by atoms with van der Waals surface area (Å²) in [5.74, 6) is 1.17. The first-order chi connectivity index (χ1) is 8.67. The molecule has 0 N–H and O–H groups in total. The number of benzene rings is 1. The van der Waals surface area contributed by atoms with E-state index in [-0.39, 0.29) is 12.5 Å². The number of nitrogens with zero attached hydrogens (tertiary/aromatic N) is 1. The third-order valence-electron chi connectivity index (χ3n) is 2.28. The molecule has 18 heavy (non-hydrogen) atoms. The summed E-state index contributed by atoms with van der Waals surface area (Å²) in [4.78, 5) is 16.2. The molecule has 0 aliphatic carbocycles. The highest BCUT2D eigenvalue weighted by atomic mass is 16.7. The third kappa shape index (κ3) is 4.63. The summed E-state index contributed by atoms with van der Waals surface area (Å²) in [7, 11) is 2.96. The summed E-state index contributed by atoms with van der Waals surface area (Å²) in [6.07, 6.45) is 0.968. The molecule has 0 spiro atoms. The van der Waals surface area contributed by atoms with Gasteiger partial charge in [-0.25, -0.2) is 5.06 Å². The van der Waals surface area contributed by atoms with Gasteiger partial charge in [0.25, 0.3) is 5.91 Å². The first-order valence-corrected chi connectivity index (χ1v) is 5.83. The molecule has 0 aliphatic rings. The molecule has 1 aromatic carbocycles. The lowest BCUT2D eigenvalue weighted by atomic mass is 10.3. The fraction of sp³-hybridized carbons (Fsp3) is 0.462. The Morgan fingerprint density at radius 3 is 2.22 bits per heavy atom. The van der Waals surface area contributed by atoms with E-state index in [9.17, 15) is 4.79 Å². The molecule has 1 rings (SSSR count). The van der Waals surface area contributed by atoms with E-state index in [0.717, 1.165) is 17.2 Å². The Morgan fingerprint density at radius 2 is 1.72 bits per heavy atom. The molecule has 1 amide bonds. The summed E-state index contributed by atoms with van der Waals surface area (Å²) < 4.78 is 10.8. The fourth-order valence-electron chi connectivity index (χ4n) is 1.19. The quantitative estimate of drug-likeness (QED) is 0.696. The van der Waals surface area contributed by atoms with Crippen molar-refractivity contribution in [3.8, 4) is 11.5 Å². The van der Waals surface area contributed by atoms with Crippen LogP contribution >= 0.6 is 0 Å². The van der Waals surface area contributed by atoms with E-state index in [4.69, 9.17) is 14.3 Å². The molecule has 0 saturated carbocycles. The van der Waals surface area contributed by atoms with Gasteiger partial charge in [0.2, 0.25) is 0 Å². The van der Waals surface area contributed by atoms with Crippen LogP contribution < -0.4 is 9.47 Å². The number of rotatable bonds is 7. The molecule has 0 heterocycles. The molecule has 0 fully saturated rings. The molecule has 5 nitrogen and oxygen atoms in total. The van der Waals surface area contributed by atoms with Crippen LogP contribution in [-0.4, -0.2) is 38.3 Å². The molecule has 0 aliphatic heterocycles. The summed E-state index contributed by atoms with van der Waals surface area (Å²) in [5, 5.41) is 1.12. The lowest BCUT2D eigenvalue weighted by Crippen LogP contribution is -2.30. The van der Waals surface area contributed by atoms with Gasteiger partial charge in [-0.2, -0.15) is 0 Å². The number of carbonyl (C=O) groups is 1. The maximum atomic E-state index is 11.4. The van der Waals surface area contributed by atoms with Gasteiger partial charge in [-0.3, -0.25) is 9.63 Å². The number of ether oxygens (including phenoxy) is 2. The highest BCUT2D eigenvalue weighted by Gasteiger charge is 2.08. The lowest BCUT2D eigenvalue weighted by molar-refractivity contribution is -0.170. The monoisotopic (exact) mass is 253 g/mol. The van der Waals surface area contributed by atoms with E-state index in [1.807, 2.05) is 12.1 Å². The van der Waals surface area contributed by atoms with Crippen LogP contribution in [0.3, 0.4) is 0 Å². The van der Waals surface area contributed by atoms with Crippen molar-refractivity contribution in [2.24, 2.45) is 0 Å². The van der Waals surface area contributed by atoms with Crippen LogP contribution in [0.4, 0.5) is 0 Å². The van der Waals surface area contributed by atoms with Crippen LogP contribution in [0.15, 0.2) is 24.3 Å². The van der Waals surface area contributed by atoms with Gasteiger partial charge in [0, 0.05) is 7.05 Å². The molecule has 0 radical (unpaired) electrons. The second-order valence-electron chi connectivity index (χ2n) is 3.68. The van der Waals surface area contributed by atoms with Crippen LogP contribution in [0.5, 0.6) is 11.5 Å². The molecule has 0 saturated heterocycles. The summed E-state index contributed by atoms with van der Waals surface area (Å²) in [6.45, 7) is 2.69. The highest BCUT2D eigenvalue weighted by Crippen LogP contribution is 2.17. The standard InChI is InChI=1S/C13H19NO4/c1-4-9-17-11-5-7-12(8-6-11)18-10-13(15)14(2)16-3/h5-8H,4,9-10H2,1-3H3. The second-order valence-corrected chi connectivity index (χ2v) is 3.68. The number of amides is 1. The number of carbonyl (C=O) groups excluding carboxylic acids is 1. The van der Waals surface area contributed by atoms with Gasteiger partial charge in [-0.05, 0) is 30.7 Å². The third-order valence-corrected chi connectivity index (χ3v) is 2.28. The zero-order valence-electron chi connectivity index (χ0n) is 11.0. The Labute approximate surface area is 107 Å². The van der Waals surface area contributed by atoms with E-state index < -0.39 is 0 Å². The van der Waals surface area contributed by atoms with Gasteiger partial charge in [-0.15, -0.1) is 0 Å². The average Bonchev–Trinajstić information content (AvgIpc) is 2.42. The van der Waals surface area contributed by atoms with Gasteiger partial charge in [0.15, 0.2) is 6.61 Å². The molecule has 1 aromatic rings. The molecule has 100 valence electrons. The van der Waals surface area contributed by atoms with E-state index >= 15 is 0 Å². The summed E-state index contributed by atoms with van der Waals surface area (Å²) in [6, 6.07) is 7.17. The number of hydroxylamine groups is 2. The minimum atomic E-state index is -0.246. The lowest BCUT2D eigenvalue weighted by Gasteiger charge is -2.14. The zero-order chi connectivity index (χ0) is 13.4. The SMILES string of the molecule is CCCOc1ccc(OCC(=O)N(C)OC)cc1. The van der Waals surface area contributed by atoms with E-state index in [1.54, 1.807) is 12.1 Å². The van der Waals surface area contributed by atoms with Crippen LogP contribution in [0.2, 0.25) is 0 Å². The maximum Gasteiger partial charge on any atom is 0.283 e. The van der Waals surface area contributed by atoms with Crippen molar-refractivity contribution in [1.29, 1.82) is 0 Å². The molecule has 0 atom stereocenters. The first kappa shape index (κ1) is 14.3. The first-order valence-electron chi connectivity index (χ1n) is 5.83. The van der Waals surface area contributed by atoms with Gasteiger partial charge in [-0.1, -0.05) is 6.92 Å². The molecule has 0 unspecified atom stereocenters. The minimum absolute atomic E-state index is 0.0560. The van der Waals surface area contributed by atoms with E-state index in [0.29, 0.717) is 12.4 Å². The minimum Gasteiger partial charge on any atom is -0.494 e. The Balaban J connectivity index is 2.41. The fourth-order valence-corrected chi connectivity index (χ4v) is 1.19. The molecular formula is C13H19NO4. The van der Waals surface area contributed by atoms with E-state index in [2.05, 4.69) is 6.92 Å². The van der Waals surface area contributed by atoms with Gasteiger partial charge >= 0.3 is 0 Å². The van der Waals surface area contributed by atoms with Crippen molar-refractivity contribution in [1.82, 2.24) is 5.06 Å². The largest absolute Gasteiger partial charge is 0.494 e. The number of likely N-dealkylation sites (N-methyl/N-ethyl adjacent to an activating group) is 1. The molecular weight excluding hydrogens is 234 g/mol. The van der Waals surface area contributed by atoms with Crippen molar-refractivity contribution in [2.75, 3.05) is 27.4 Å². The van der Waals surface area contributed by atoms with Crippen molar-refractivity contribution in [3.63, 3.8) is 0 Å².